The number of para-hydroxylation sites is 1. The number of allylic oxidation sites excluding steroid dienone is 1. The number of fused-ring (bicyclic) bond motifs is 1. The summed E-state index contributed by atoms with van der Waals surface area (Å²) in [4.78, 5) is 13.3. The summed E-state index contributed by atoms with van der Waals surface area (Å²) in [5, 5.41) is 18.1. The summed E-state index contributed by atoms with van der Waals surface area (Å²) in [5.41, 5.74) is 2.89. The summed E-state index contributed by atoms with van der Waals surface area (Å²) in [6, 6.07) is 16.7. The standard InChI is InChI=1S/C24H28N6O2/c1-3-4-5-9-16-32-20-14-12-18(13-15-20)22-21(17(2)25-24-27-28-29-30(22)24)23(31)26-19-10-7-6-8-11-19/h6-8,10-15,22H,3-5,9,16H2,1-2H3,(H,26,31)(H,25,27,29). The molecule has 2 aromatic carbocycles. The van der Waals surface area contributed by atoms with Gasteiger partial charge in [-0.05, 0) is 53.6 Å². The summed E-state index contributed by atoms with van der Waals surface area (Å²) in [7, 11) is 0. The van der Waals surface area contributed by atoms with Crippen LogP contribution in [-0.4, -0.2) is 32.7 Å². The highest BCUT2D eigenvalue weighted by Crippen LogP contribution is 2.35. The molecule has 0 radical (unpaired) electrons. The Bertz CT molecular complexity index is 1080. The van der Waals surface area contributed by atoms with Crippen LogP contribution in [0.3, 0.4) is 0 Å². The Balaban J connectivity index is 1.56. The van der Waals surface area contributed by atoms with Gasteiger partial charge in [-0.2, -0.15) is 4.68 Å². The van der Waals surface area contributed by atoms with E-state index in [4.69, 9.17) is 4.74 Å². The van der Waals surface area contributed by atoms with Crippen LogP contribution in [0.4, 0.5) is 11.6 Å². The Kier molecular flexibility index (Phi) is 6.79. The van der Waals surface area contributed by atoms with Gasteiger partial charge in [0.15, 0.2) is 0 Å². The maximum Gasteiger partial charge on any atom is 0.255 e. The molecule has 1 atom stereocenters. The average Bonchev–Trinajstić information content (AvgIpc) is 3.27. The van der Waals surface area contributed by atoms with E-state index >= 15 is 0 Å². The summed E-state index contributed by atoms with van der Waals surface area (Å²) in [6.45, 7) is 4.76. The van der Waals surface area contributed by atoms with Gasteiger partial charge in [0.25, 0.3) is 5.91 Å². The van der Waals surface area contributed by atoms with Crippen LogP contribution >= 0.6 is 0 Å². The summed E-state index contributed by atoms with van der Waals surface area (Å²) >= 11 is 0. The third-order valence-electron chi connectivity index (χ3n) is 5.45. The van der Waals surface area contributed by atoms with Crippen LogP contribution in [0.25, 0.3) is 0 Å². The molecule has 1 amide bonds. The van der Waals surface area contributed by atoms with Crippen molar-refractivity contribution >= 4 is 17.5 Å². The Hall–Kier alpha value is -3.68. The van der Waals surface area contributed by atoms with Crippen LogP contribution in [0.5, 0.6) is 5.75 Å². The first kappa shape index (κ1) is 21.5. The predicted octanol–water partition coefficient (Wildman–Crippen LogP) is 4.56. The molecular weight excluding hydrogens is 404 g/mol. The number of amides is 1. The highest BCUT2D eigenvalue weighted by Gasteiger charge is 2.34. The minimum Gasteiger partial charge on any atom is -0.494 e. The second-order valence-corrected chi connectivity index (χ2v) is 7.81. The molecule has 0 spiro atoms. The van der Waals surface area contributed by atoms with Crippen LogP contribution in [0.15, 0.2) is 65.9 Å². The van der Waals surface area contributed by atoms with Gasteiger partial charge in [-0.15, -0.1) is 0 Å². The number of ether oxygens (including phenoxy) is 1. The van der Waals surface area contributed by atoms with Crippen molar-refractivity contribution < 1.29 is 9.53 Å². The van der Waals surface area contributed by atoms with E-state index in [1.807, 2.05) is 61.5 Å². The third-order valence-corrected chi connectivity index (χ3v) is 5.45. The number of hydrogen-bond acceptors (Lipinski definition) is 6. The van der Waals surface area contributed by atoms with Crippen LogP contribution in [0, 0.1) is 0 Å². The van der Waals surface area contributed by atoms with E-state index in [-0.39, 0.29) is 5.91 Å². The minimum atomic E-state index is -0.455. The largest absolute Gasteiger partial charge is 0.494 e. The highest BCUT2D eigenvalue weighted by molar-refractivity contribution is 6.06. The van der Waals surface area contributed by atoms with Crippen molar-refractivity contribution in [2.24, 2.45) is 0 Å². The SMILES string of the molecule is CCCCCCOc1ccc(C2C(C(=O)Nc3ccccc3)=C(C)Nc3nnnn32)cc1. The molecular formula is C24H28N6O2. The van der Waals surface area contributed by atoms with Crippen molar-refractivity contribution in [2.75, 3.05) is 17.2 Å². The van der Waals surface area contributed by atoms with E-state index in [0.29, 0.717) is 23.8 Å². The van der Waals surface area contributed by atoms with Crippen LogP contribution in [0.2, 0.25) is 0 Å². The molecule has 0 fully saturated rings. The predicted molar refractivity (Wildman–Crippen MR) is 123 cm³/mol. The number of nitrogens with one attached hydrogen (secondary N) is 2. The molecule has 1 aliphatic rings. The molecule has 1 aromatic heterocycles. The molecule has 8 nitrogen and oxygen atoms in total. The number of aromatic nitrogens is 4. The Morgan fingerprint density at radius 3 is 2.62 bits per heavy atom. The van der Waals surface area contributed by atoms with Gasteiger partial charge in [-0.1, -0.05) is 61.6 Å². The molecule has 2 N–H and O–H groups in total. The fraction of sp³-hybridized carbons (Fsp3) is 0.333. The Morgan fingerprint density at radius 2 is 1.88 bits per heavy atom. The van der Waals surface area contributed by atoms with Gasteiger partial charge >= 0.3 is 0 Å². The van der Waals surface area contributed by atoms with Crippen molar-refractivity contribution in [1.82, 2.24) is 20.2 Å². The summed E-state index contributed by atoms with van der Waals surface area (Å²) < 4.78 is 7.51. The molecule has 166 valence electrons. The van der Waals surface area contributed by atoms with Crippen molar-refractivity contribution in [1.29, 1.82) is 0 Å². The van der Waals surface area contributed by atoms with Gasteiger partial charge in [0.05, 0.1) is 12.2 Å². The maximum atomic E-state index is 13.3. The van der Waals surface area contributed by atoms with E-state index in [1.165, 1.54) is 19.3 Å². The summed E-state index contributed by atoms with van der Waals surface area (Å²) in [6.07, 6.45) is 4.66. The van der Waals surface area contributed by atoms with Crippen molar-refractivity contribution in [3.8, 4) is 5.75 Å². The lowest BCUT2D eigenvalue weighted by molar-refractivity contribution is -0.113. The molecule has 1 aliphatic heterocycles. The number of benzene rings is 2. The van der Waals surface area contributed by atoms with Gasteiger partial charge in [0.2, 0.25) is 5.95 Å². The number of unbranched alkanes of at least 4 members (excludes halogenated alkanes) is 3. The zero-order chi connectivity index (χ0) is 22.3. The number of rotatable bonds is 9. The van der Waals surface area contributed by atoms with Crippen LogP contribution in [0.1, 0.15) is 51.1 Å². The topological polar surface area (TPSA) is 94.0 Å². The lowest BCUT2D eigenvalue weighted by Gasteiger charge is -2.28. The lowest BCUT2D eigenvalue weighted by atomic mass is 9.95. The van der Waals surface area contributed by atoms with Crippen molar-refractivity contribution in [2.45, 2.75) is 45.6 Å². The molecule has 32 heavy (non-hydrogen) atoms. The maximum absolute atomic E-state index is 13.3. The Morgan fingerprint density at radius 1 is 1.09 bits per heavy atom. The number of tetrazole rings is 1. The van der Waals surface area contributed by atoms with E-state index in [1.54, 1.807) is 4.68 Å². The van der Waals surface area contributed by atoms with E-state index in [0.717, 1.165) is 23.4 Å². The van der Waals surface area contributed by atoms with E-state index in [9.17, 15) is 4.79 Å². The molecule has 3 aromatic rings. The molecule has 0 saturated carbocycles. The molecule has 4 rings (SSSR count). The first-order valence-electron chi connectivity index (χ1n) is 11.0. The summed E-state index contributed by atoms with van der Waals surface area (Å²) in [5.74, 6) is 1.11. The average molecular weight is 433 g/mol. The first-order chi connectivity index (χ1) is 15.7. The fourth-order valence-electron chi connectivity index (χ4n) is 3.80. The quantitative estimate of drug-likeness (QED) is 0.482. The monoisotopic (exact) mass is 432 g/mol. The molecule has 0 saturated heterocycles. The van der Waals surface area contributed by atoms with Crippen molar-refractivity contribution in [3.05, 3.63) is 71.4 Å². The number of hydrogen-bond donors (Lipinski definition) is 2. The second-order valence-electron chi connectivity index (χ2n) is 7.81. The van der Waals surface area contributed by atoms with E-state index in [2.05, 4.69) is 33.1 Å². The fourth-order valence-corrected chi connectivity index (χ4v) is 3.80. The molecule has 8 heteroatoms. The highest BCUT2D eigenvalue weighted by atomic mass is 16.5. The lowest BCUT2D eigenvalue weighted by Crippen LogP contribution is -2.31. The first-order valence-corrected chi connectivity index (χ1v) is 11.0. The van der Waals surface area contributed by atoms with E-state index < -0.39 is 6.04 Å². The zero-order valence-electron chi connectivity index (χ0n) is 18.4. The second kappa shape index (κ2) is 10.1. The molecule has 0 aliphatic carbocycles. The molecule has 0 bridgehead atoms. The zero-order valence-corrected chi connectivity index (χ0v) is 18.4. The van der Waals surface area contributed by atoms with Gasteiger partial charge in [0, 0.05) is 11.4 Å². The van der Waals surface area contributed by atoms with Gasteiger partial charge in [-0.3, -0.25) is 4.79 Å². The Labute approximate surface area is 187 Å². The number of carbonyl (C=O) groups is 1. The third kappa shape index (κ3) is 4.80. The molecule has 2 heterocycles. The van der Waals surface area contributed by atoms with Gasteiger partial charge < -0.3 is 15.4 Å². The van der Waals surface area contributed by atoms with Gasteiger partial charge in [0.1, 0.15) is 11.8 Å². The minimum absolute atomic E-state index is 0.205. The smallest absolute Gasteiger partial charge is 0.255 e. The number of nitrogens with zero attached hydrogens (tertiary/aromatic N) is 4. The van der Waals surface area contributed by atoms with Crippen molar-refractivity contribution in [3.63, 3.8) is 0 Å². The number of anilines is 2. The van der Waals surface area contributed by atoms with Crippen LogP contribution in [-0.2, 0) is 4.79 Å². The van der Waals surface area contributed by atoms with Gasteiger partial charge in [-0.25, -0.2) is 0 Å². The number of carbonyl (C=O) groups excluding carboxylic acids is 1. The van der Waals surface area contributed by atoms with Crippen LogP contribution < -0.4 is 15.4 Å². The molecule has 1 unspecified atom stereocenters. The normalized spacial score (nSPS) is 15.1.